The number of rotatable bonds is 1. The molecule has 0 aliphatic rings. The molecule has 0 unspecified atom stereocenters. The van der Waals surface area contributed by atoms with E-state index in [-0.39, 0.29) is 0 Å². The van der Waals surface area contributed by atoms with Crippen molar-refractivity contribution in [2.24, 2.45) is 0 Å². The molecule has 0 aliphatic carbocycles. The van der Waals surface area contributed by atoms with Gasteiger partial charge in [-0.2, -0.15) is 0 Å². The summed E-state index contributed by atoms with van der Waals surface area (Å²) < 4.78 is 0. The minimum atomic E-state index is 0.456. The number of halogens is 1. The van der Waals surface area contributed by atoms with Crippen molar-refractivity contribution < 1.29 is 0 Å². The van der Waals surface area contributed by atoms with E-state index in [1.54, 1.807) is 12.1 Å². The van der Waals surface area contributed by atoms with E-state index in [0.29, 0.717) is 16.7 Å². The molecular weight excluding hydrogens is 210 g/mol. The van der Waals surface area contributed by atoms with Crippen molar-refractivity contribution in [1.82, 2.24) is 9.97 Å². The molecule has 4 heteroatoms. The summed E-state index contributed by atoms with van der Waals surface area (Å²) in [7, 11) is 0. The summed E-state index contributed by atoms with van der Waals surface area (Å²) in [6.07, 6.45) is 0. The number of hydrogen-bond acceptors (Lipinski definition) is 3. The number of benzene rings is 1. The van der Waals surface area contributed by atoms with Crippen LogP contribution in [0.3, 0.4) is 0 Å². The second-order valence-corrected chi connectivity index (χ2v) is 3.64. The van der Waals surface area contributed by atoms with E-state index in [1.807, 2.05) is 25.1 Å². The largest absolute Gasteiger partial charge is 0.384 e. The highest BCUT2D eigenvalue weighted by Gasteiger charge is 2.06. The average molecular weight is 220 g/mol. The molecule has 0 radical (unpaired) electrons. The molecule has 2 rings (SSSR count). The Labute approximate surface area is 92.9 Å². The Hall–Kier alpha value is -1.61. The van der Waals surface area contributed by atoms with Gasteiger partial charge in [0.05, 0.1) is 5.02 Å². The van der Waals surface area contributed by atoms with Gasteiger partial charge >= 0.3 is 0 Å². The van der Waals surface area contributed by atoms with E-state index in [2.05, 4.69) is 9.97 Å². The zero-order chi connectivity index (χ0) is 10.8. The Morgan fingerprint density at radius 1 is 1.20 bits per heavy atom. The molecule has 0 bridgehead atoms. The zero-order valence-electron chi connectivity index (χ0n) is 8.24. The lowest BCUT2D eigenvalue weighted by Gasteiger charge is -2.04. The van der Waals surface area contributed by atoms with Crippen molar-refractivity contribution in [3.05, 3.63) is 41.0 Å². The molecule has 0 spiro atoms. The van der Waals surface area contributed by atoms with Crippen LogP contribution in [0.1, 0.15) is 5.69 Å². The summed E-state index contributed by atoms with van der Waals surface area (Å²) in [5.74, 6) is 1.02. The maximum Gasteiger partial charge on any atom is 0.163 e. The standard InChI is InChI=1S/C11H10ClN3/c1-7-6-10(13)15-11(14-7)8-4-2-3-5-9(8)12/h2-6H,1H3,(H2,13,14,15). The summed E-state index contributed by atoms with van der Waals surface area (Å²) >= 11 is 6.04. The van der Waals surface area contributed by atoms with E-state index in [1.165, 1.54) is 0 Å². The molecule has 2 N–H and O–H groups in total. The van der Waals surface area contributed by atoms with E-state index >= 15 is 0 Å². The topological polar surface area (TPSA) is 51.8 Å². The highest BCUT2D eigenvalue weighted by molar-refractivity contribution is 6.33. The van der Waals surface area contributed by atoms with Crippen LogP contribution in [0, 0.1) is 6.92 Å². The molecule has 0 saturated heterocycles. The Kier molecular flexibility index (Phi) is 2.56. The SMILES string of the molecule is Cc1cc(N)nc(-c2ccccc2Cl)n1. The quantitative estimate of drug-likeness (QED) is 0.802. The van der Waals surface area contributed by atoms with E-state index in [0.717, 1.165) is 11.3 Å². The molecule has 15 heavy (non-hydrogen) atoms. The van der Waals surface area contributed by atoms with Crippen molar-refractivity contribution in [1.29, 1.82) is 0 Å². The summed E-state index contributed by atoms with van der Waals surface area (Å²) in [4.78, 5) is 8.44. The zero-order valence-corrected chi connectivity index (χ0v) is 8.99. The fraction of sp³-hybridized carbons (Fsp3) is 0.0909. The second kappa shape index (κ2) is 3.87. The van der Waals surface area contributed by atoms with Crippen LogP contribution in [0.25, 0.3) is 11.4 Å². The predicted molar refractivity (Wildman–Crippen MR) is 61.6 cm³/mol. The average Bonchev–Trinajstić information content (AvgIpc) is 2.16. The first kappa shape index (κ1) is 9.93. The molecule has 2 aromatic rings. The maximum absolute atomic E-state index is 6.04. The third-order valence-corrected chi connectivity index (χ3v) is 2.32. The first-order valence-corrected chi connectivity index (χ1v) is 4.90. The van der Waals surface area contributed by atoms with Gasteiger partial charge < -0.3 is 5.73 Å². The maximum atomic E-state index is 6.04. The molecule has 1 heterocycles. The van der Waals surface area contributed by atoms with E-state index in [4.69, 9.17) is 17.3 Å². The molecule has 0 saturated carbocycles. The fourth-order valence-corrected chi connectivity index (χ4v) is 1.58. The van der Waals surface area contributed by atoms with Gasteiger partial charge in [0.2, 0.25) is 0 Å². The summed E-state index contributed by atoms with van der Waals surface area (Å²) in [6.45, 7) is 1.87. The van der Waals surface area contributed by atoms with Gasteiger partial charge in [-0.3, -0.25) is 0 Å². The highest BCUT2D eigenvalue weighted by atomic mass is 35.5. The number of aryl methyl sites for hydroxylation is 1. The second-order valence-electron chi connectivity index (χ2n) is 3.24. The smallest absolute Gasteiger partial charge is 0.163 e. The molecule has 0 aliphatic heterocycles. The van der Waals surface area contributed by atoms with Crippen molar-refractivity contribution >= 4 is 17.4 Å². The van der Waals surface area contributed by atoms with Crippen LogP contribution in [0.2, 0.25) is 5.02 Å². The van der Waals surface area contributed by atoms with Gasteiger partial charge in [-0.1, -0.05) is 23.7 Å². The van der Waals surface area contributed by atoms with Crippen LogP contribution in [0.15, 0.2) is 30.3 Å². The van der Waals surface area contributed by atoms with Crippen LogP contribution >= 0.6 is 11.6 Å². The van der Waals surface area contributed by atoms with Crippen molar-refractivity contribution in [3.63, 3.8) is 0 Å². The van der Waals surface area contributed by atoms with Crippen molar-refractivity contribution in [2.75, 3.05) is 5.73 Å². The first-order valence-electron chi connectivity index (χ1n) is 4.53. The summed E-state index contributed by atoms with van der Waals surface area (Å²) in [5.41, 5.74) is 7.28. The van der Waals surface area contributed by atoms with Gasteiger partial charge in [-0.25, -0.2) is 9.97 Å². The minimum Gasteiger partial charge on any atom is -0.384 e. The van der Waals surface area contributed by atoms with Gasteiger partial charge in [-0.15, -0.1) is 0 Å². The molecule has 0 amide bonds. The normalized spacial score (nSPS) is 10.3. The third kappa shape index (κ3) is 2.07. The first-order chi connectivity index (χ1) is 7.16. The highest BCUT2D eigenvalue weighted by Crippen LogP contribution is 2.25. The number of nitrogen functional groups attached to an aromatic ring is 1. The monoisotopic (exact) mass is 219 g/mol. The minimum absolute atomic E-state index is 0.456. The summed E-state index contributed by atoms with van der Waals surface area (Å²) in [5, 5.41) is 0.627. The van der Waals surface area contributed by atoms with Crippen molar-refractivity contribution in [3.8, 4) is 11.4 Å². The fourth-order valence-electron chi connectivity index (χ4n) is 1.36. The number of nitrogens with zero attached hydrogens (tertiary/aromatic N) is 2. The number of anilines is 1. The molecule has 0 atom stereocenters. The lowest BCUT2D eigenvalue weighted by atomic mass is 10.2. The molecule has 76 valence electrons. The molecule has 1 aromatic carbocycles. The van der Waals surface area contributed by atoms with Crippen LogP contribution < -0.4 is 5.73 Å². The molecule has 3 nitrogen and oxygen atoms in total. The Morgan fingerprint density at radius 3 is 2.60 bits per heavy atom. The molecule has 1 aromatic heterocycles. The van der Waals surface area contributed by atoms with Crippen LogP contribution in [0.5, 0.6) is 0 Å². The third-order valence-electron chi connectivity index (χ3n) is 1.99. The van der Waals surface area contributed by atoms with Crippen LogP contribution in [-0.4, -0.2) is 9.97 Å². The van der Waals surface area contributed by atoms with E-state index < -0.39 is 0 Å². The lowest BCUT2D eigenvalue weighted by molar-refractivity contribution is 1.12. The van der Waals surface area contributed by atoms with Gasteiger partial charge in [0, 0.05) is 17.3 Å². The lowest BCUT2D eigenvalue weighted by Crippen LogP contribution is -1.97. The van der Waals surface area contributed by atoms with Crippen LogP contribution in [-0.2, 0) is 0 Å². The van der Waals surface area contributed by atoms with Gasteiger partial charge in [0.1, 0.15) is 5.82 Å². The summed E-state index contributed by atoms with van der Waals surface area (Å²) in [6, 6.07) is 9.16. The van der Waals surface area contributed by atoms with Gasteiger partial charge in [0.25, 0.3) is 0 Å². The number of nitrogens with two attached hydrogens (primary N) is 1. The predicted octanol–water partition coefficient (Wildman–Crippen LogP) is 2.69. The number of hydrogen-bond donors (Lipinski definition) is 1. The Bertz CT molecular complexity index is 477. The van der Waals surface area contributed by atoms with Gasteiger partial charge in [0.15, 0.2) is 5.82 Å². The molecular formula is C11H10ClN3. The Balaban J connectivity index is 2.59. The van der Waals surface area contributed by atoms with E-state index in [9.17, 15) is 0 Å². The van der Waals surface area contributed by atoms with Gasteiger partial charge in [-0.05, 0) is 19.1 Å². The number of aromatic nitrogens is 2. The van der Waals surface area contributed by atoms with Crippen molar-refractivity contribution in [2.45, 2.75) is 6.92 Å². The molecule has 0 fully saturated rings. The Morgan fingerprint density at radius 2 is 1.93 bits per heavy atom. The van der Waals surface area contributed by atoms with Crippen LogP contribution in [0.4, 0.5) is 5.82 Å².